The third kappa shape index (κ3) is 1.93. The predicted molar refractivity (Wildman–Crippen MR) is 58.5 cm³/mol. The highest BCUT2D eigenvalue weighted by Crippen LogP contribution is 2.25. The number of rotatable bonds is 3. The largest absolute Gasteiger partial charge is 0.388 e. The maximum Gasteiger partial charge on any atom is 0.129 e. The van der Waals surface area contributed by atoms with Gasteiger partial charge in [-0.3, -0.25) is 0 Å². The second kappa shape index (κ2) is 4.24. The Morgan fingerprint density at radius 3 is 2.64 bits per heavy atom. The molecule has 0 heterocycles. The van der Waals surface area contributed by atoms with E-state index in [0.717, 1.165) is 16.8 Å². The number of anilines is 1. The molecule has 0 fully saturated rings. The standard InChI is InChI=1S/C11H15FN2/c1-7(2)9-4-8(6-13)10(12)5-11(9)14-3/h4-5,14H,1,6,13H2,2-3H3. The third-order valence-corrected chi connectivity index (χ3v) is 2.14. The summed E-state index contributed by atoms with van der Waals surface area (Å²) in [4.78, 5) is 0. The van der Waals surface area contributed by atoms with Crippen LogP contribution in [-0.2, 0) is 6.54 Å². The van der Waals surface area contributed by atoms with Crippen LogP contribution >= 0.6 is 0 Å². The van der Waals surface area contributed by atoms with Crippen molar-refractivity contribution >= 4 is 11.3 Å². The van der Waals surface area contributed by atoms with Gasteiger partial charge in [-0.15, -0.1) is 0 Å². The number of allylic oxidation sites excluding steroid dienone is 1. The Balaban J connectivity index is 3.32. The van der Waals surface area contributed by atoms with Gasteiger partial charge in [0.15, 0.2) is 0 Å². The molecule has 0 bridgehead atoms. The molecule has 0 aliphatic heterocycles. The van der Waals surface area contributed by atoms with Crippen molar-refractivity contribution in [3.8, 4) is 0 Å². The van der Waals surface area contributed by atoms with Gasteiger partial charge >= 0.3 is 0 Å². The molecule has 0 saturated heterocycles. The van der Waals surface area contributed by atoms with Gasteiger partial charge < -0.3 is 11.1 Å². The van der Waals surface area contributed by atoms with E-state index in [9.17, 15) is 4.39 Å². The first kappa shape index (κ1) is 10.7. The maximum atomic E-state index is 13.3. The minimum Gasteiger partial charge on any atom is -0.388 e. The smallest absolute Gasteiger partial charge is 0.129 e. The molecule has 3 heteroatoms. The highest BCUT2D eigenvalue weighted by atomic mass is 19.1. The Bertz CT molecular complexity index is 359. The molecule has 0 amide bonds. The van der Waals surface area contributed by atoms with Gasteiger partial charge in [0.25, 0.3) is 0 Å². The summed E-state index contributed by atoms with van der Waals surface area (Å²) in [5, 5.41) is 2.93. The summed E-state index contributed by atoms with van der Waals surface area (Å²) in [6, 6.07) is 3.19. The number of nitrogens with one attached hydrogen (secondary N) is 1. The summed E-state index contributed by atoms with van der Waals surface area (Å²) in [5.74, 6) is -0.276. The average molecular weight is 194 g/mol. The van der Waals surface area contributed by atoms with Gasteiger partial charge in [0.1, 0.15) is 5.82 Å². The molecule has 14 heavy (non-hydrogen) atoms. The number of halogens is 1. The van der Waals surface area contributed by atoms with Crippen LogP contribution in [0.5, 0.6) is 0 Å². The molecule has 0 saturated carbocycles. The first-order valence-electron chi connectivity index (χ1n) is 4.46. The molecule has 2 nitrogen and oxygen atoms in total. The van der Waals surface area contributed by atoms with E-state index >= 15 is 0 Å². The van der Waals surface area contributed by atoms with Crippen LogP contribution in [0.2, 0.25) is 0 Å². The fourth-order valence-electron chi connectivity index (χ4n) is 1.33. The second-order valence-electron chi connectivity index (χ2n) is 3.22. The Labute approximate surface area is 83.6 Å². The molecular weight excluding hydrogens is 179 g/mol. The predicted octanol–water partition coefficient (Wildman–Crippen LogP) is 2.36. The summed E-state index contributed by atoms with van der Waals surface area (Å²) in [6.45, 7) is 5.92. The van der Waals surface area contributed by atoms with Crippen molar-refractivity contribution in [1.29, 1.82) is 0 Å². The molecule has 0 aliphatic carbocycles. The number of hydrogen-bond donors (Lipinski definition) is 2. The van der Waals surface area contributed by atoms with Gasteiger partial charge in [-0.2, -0.15) is 0 Å². The first-order valence-corrected chi connectivity index (χ1v) is 4.46. The van der Waals surface area contributed by atoms with Crippen LogP contribution in [0.3, 0.4) is 0 Å². The fourth-order valence-corrected chi connectivity index (χ4v) is 1.33. The zero-order valence-corrected chi connectivity index (χ0v) is 8.52. The van der Waals surface area contributed by atoms with E-state index in [2.05, 4.69) is 11.9 Å². The highest BCUT2D eigenvalue weighted by Gasteiger charge is 2.08. The lowest BCUT2D eigenvalue weighted by Gasteiger charge is -2.11. The summed E-state index contributed by atoms with van der Waals surface area (Å²) >= 11 is 0. The molecular formula is C11H15FN2. The molecule has 1 aromatic carbocycles. The molecule has 76 valence electrons. The summed E-state index contributed by atoms with van der Waals surface area (Å²) in [5.41, 5.74) is 8.48. The van der Waals surface area contributed by atoms with Gasteiger partial charge in [0.05, 0.1) is 0 Å². The van der Waals surface area contributed by atoms with E-state index in [1.54, 1.807) is 13.1 Å². The molecule has 0 aromatic heterocycles. The highest BCUT2D eigenvalue weighted by molar-refractivity contribution is 5.74. The van der Waals surface area contributed by atoms with Gasteiger partial charge in [-0.1, -0.05) is 6.58 Å². The van der Waals surface area contributed by atoms with Crippen LogP contribution in [0.4, 0.5) is 10.1 Å². The van der Waals surface area contributed by atoms with E-state index in [1.165, 1.54) is 6.07 Å². The quantitative estimate of drug-likeness (QED) is 0.775. The van der Waals surface area contributed by atoms with Gasteiger partial charge in [0.2, 0.25) is 0 Å². The minimum atomic E-state index is -0.276. The molecule has 0 unspecified atom stereocenters. The molecule has 3 N–H and O–H groups in total. The van der Waals surface area contributed by atoms with Crippen LogP contribution in [0.1, 0.15) is 18.1 Å². The molecule has 0 spiro atoms. The molecule has 0 aliphatic rings. The van der Waals surface area contributed by atoms with Crippen molar-refractivity contribution in [2.24, 2.45) is 5.73 Å². The van der Waals surface area contributed by atoms with Gasteiger partial charge in [0, 0.05) is 30.4 Å². The minimum absolute atomic E-state index is 0.204. The van der Waals surface area contributed by atoms with E-state index < -0.39 is 0 Å². The molecule has 1 aromatic rings. The van der Waals surface area contributed by atoms with Crippen LogP contribution in [0, 0.1) is 5.82 Å². The normalized spacial score (nSPS) is 10.0. The average Bonchev–Trinajstić information content (AvgIpc) is 2.16. The van der Waals surface area contributed by atoms with Crippen molar-refractivity contribution in [2.45, 2.75) is 13.5 Å². The topological polar surface area (TPSA) is 38.0 Å². The first-order chi connectivity index (χ1) is 6.60. The maximum absolute atomic E-state index is 13.3. The van der Waals surface area contributed by atoms with Crippen molar-refractivity contribution in [3.05, 3.63) is 35.7 Å². The summed E-state index contributed by atoms with van der Waals surface area (Å²) < 4.78 is 13.3. The lowest BCUT2D eigenvalue weighted by Crippen LogP contribution is -2.03. The van der Waals surface area contributed by atoms with Crippen LogP contribution < -0.4 is 11.1 Å². The van der Waals surface area contributed by atoms with Gasteiger partial charge in [-0.25, -0.2) is 4.39 Å². The molecule has 0 atom stereocenters. The Hall–Kier alpha value is -1.35. The van der Waals surface area contributed by atoms with Crippen molar-refractivity contribution in [2.75, 3.05) is 12.4 Å². The monoisotopic (exact) mass is 194 g/mol. The van der Waals surface area contributed by atoms with Crippen LogP contribution in [-0.4, -0.2) is 7.05 Å². The van der Waals surface area contributed by atoms with Crippen LogP contribution in [0.25, 0.3) is 5.57 Å². The number of hydrogen-bond acceptors (Lipinski definition) is 2. The Morgan fingerprint density at radius 1 is 1.57 bits per heavy atom. The van der Waals surface area contributed by atoms with E-state index in [0.29, 0.717) is 5.56 Å². The third-order valence-electron chi connectivity index (χ3n) is 2.14. The van der Waals surface area contributed by atoms with Crippen LogP contribution in [0.15, 0.2) is 18.7 Å². The molecule has 1 rings (SSSR count). The van der Waals surface area contributed by atoms with E-state index in [1.807, 2.05) is 6.92 Å². The molecule has 0 radical (unpaired) electrons. The van der Waals surface area contributed by atoms with Crippen molar-refractivity contribution < 1.29 is 4.39 Å². The Morgan fingerprint density at radius 2 is 2.21 bits per heavy atom. The summed E-state index contributed by atoms with van der Waals surface area (Å²) in [6.07, 6.45) is 0. The lowest BCUT2D eigenvalue weighted by molar-refractivity contribution is 0.611. The zero-order chi connectivity index (χ0) is 10.7. The van der Waals surface area contributed by atoms with Crippen molar-refractivity contribution in [3.63, 3.8) is 0 Å². The second-order valence-corrected chi connectivity index (χ2v) is 3.22. The number of nitrogens with two attached hydrogens (primary N) is 1. The SMILES string of the molecule is C=C(C)c1cc(CN)c(F)cc1NC. The van der Waals surface area contributed by atoms with E-state index in [-0.39, 0.29) is 12.4 Å². The van der Waals surface area contributed by atoms with Gasteiger partial charge in [-0.05, 0) is 24.6 Å². The fraction of sp³-hybridized carbons (Fsp3) is 0.273. The summed E-state index contributed by atoms with van der Waals surface area (Å²) in [7, 11) is 1.75. The van der Waals surface area contributed by atoms with Crippen molar-refractivity contribution in [1.82, 2.24) is 0 Å². The number of benzene rings is 1. The zero-order valence-electron chi connectivity index (χ0n) is 8.52. The Kier molecular flexibility index (Phi) is 3.25. The van der Waals surface area contributed by atoms with E-state index in [4.69, 9.17) is 5.73 Å². The lowest BCUT2D eigenvalue weighted by atomic mass is 10.0.